The predicted octanol–water partition coefficient (Wildman–Crippen LogP) is 2.35. The van der Waals surface area contributed by atoms with Gasteiger partial charge in [-0.05, 0) is 23.8 Å². The zero-order valence-electron chi connectivity index (χ0n) is 9.48. The summed E-state index contributed by atoms with van der Waals surface area (Å²) in [6.07, 6.45) is 1.65. The SMILES string of the molecule is COc1ncc(-c2cccc(F)c2)cc1CN. The standard InChI is InChI=1S/C13H13FN2O/c1-17-13-10(7-15)5-11(8-16-13)9-3-2-4-12(14)6-9/h2-6,8H,7,15H2,1H3. The summed E-state index contributed by atoms with van der Waals surface area (Å²) in [7, 11) is 1.54. The molecule has 2 rings (SSSR count). The van der Waals surface area contributed by atoms with Crippen LogP contribution in [0.15, 0.2) is 36.5 Å². The van der Waals surface area contributed by atoms with Gasteiger partial charge in [0.1, 0.15) is 5.82 Å². The molecule has 0 saturated carbocycles. The monoisotopic (exact) mass is 232 g/mol. The minimum Gasteiger partial charge on any atom is -0.481 e. The van der Waals surface area contributed by atoms with E-state index in [1.165, 1.54) is 12.1 Å². The highest BCUT2D eigenvalue weighted by molar-refractivity contribution is 5.63. The molecule has 17 heavy (non-hydrogen) atoms. The second-order valence-electron chi connectivity index (χ2n) is 3.61. The van der Waals surface area contributed by atoms with Crippen molar-refractivity contribution >= 4 is 0 Å². The molecule has 0 amide bonds. The van der Waals surface area contributed by atoms with Crippen LogP contribution in [0.1, 0.15) is 5.56 Å². The molecule has 4 heteroatoms. The van der Waals surface area contributed by atoms with E-state index < -0.39 is 0 Å². The van der Waals surface area contributed by atoms with Crippen LogP contribution in [-0.2, 0) is 6.54 Å². The highest BCUT2D eigenvalue weighted by Crippen LogP contribution is 2.24. The van der Waals surface area contributed by atoms with Crippen molar-refractivity contribution in [3.8, 4) is 17.0 Å². The Morgan fingerprint density at radius 1 is 1.29 bits per heavy atom. The first kappa shape index (κ1) is 11.5. The molecule has 2 N–H and O–H groups in total. The van der Waals surface area contributed by atoms with Gasteiger partial charge in [0.05, 0.1) is 7.11 Å². The number of aromatic nitrogens is 1. The molecule has 0 radical (unpaired) electrons. The van der Waals surface area contributed by atoms with Crippen LogP contribution < -0.4 is 10.5 Å². The average Bonchev–Trinajstić information content (AvgIpc) is 2.38. The van der Waals surface area contributed by atoms with Crippen LogP contribution in [0.25, 0.3) is 11.1 Å². The fourth-order valence-corrected chi connectivity index (χ4v) is 1.65. The van der Waals surface area contributed by atoms with Crippen molar-refractivity contribution in [3.05, 3.63) is 47.9 Å². The van der Waals surface area contributed by atoms with E-state index in [1.54, 1.807) is 19.4 Å². The van der Waals surface area contributed by atoms with Gasteiger partial charge >= 0.3 is 0 Å². The summed E-state index contributed by atoms with van der Waals surface area (Å²) < 4.78 is 18.2. The van der Waals surface area contributed by atoms with E-state index in [1.807, 2.05) is 12.1 Å². The maximum Gasteiger partial charge on any atom is 0.217 e. The van der Waals surface area contributed by atoms with Gasteiger partial charge in [-0.1, -0.05) is 12.1 Å². The molecule has 2 aromatic rings. The van der Waals surface area contributed by atoms with E-state index in [-0.39, 0.29) is 5.82 Å². The van der Waals surface area contributed by atoms with Crippen molar-refractivity contribution in [1.29, 1.82) is 0 Å². The summed E-state index contributed by atoms with van der Waals surface area (Å²) in [6.45, 7) is 0.333. The highest BCUT2D eigenvalue weighted by Gasteiger charge is 2.06. The van der Waals surface area contributed by atoms with E-state index in [0.717, 1.165) is 16.7 Å². The summed E-state index contributed by atoms with van der Waals surface area (Å²) in [5.74, 6) is 0.236. The van der Waals surface area contributed by atoms with E-state index in [9.17, 15) is 4.39 Å². The van der Waals surface area contributed by atoms with Crippen LogP contribution in [-0.4, -0.2) is 12.1 Å². The molecule has 0 spiro atoms. The first-order chi connectivity index (χ1) is 8.24. The molecule has 3 nitrogen and oxygen atoms in total. The van der Waals surface area contributed by atoms with Crippen molar-refractivity contribution in [2.24, 2.45) is 5.73 Å². The number of ether oxygens (including phenoxy) is 1. The van der Waals surface area contributed by atoms with Gasteiger partial charge < -0.3 is 10.5 Å². The quantitative estimate of drug-likeness (QED) is 0.883. The summed E-state index contributed by atoms with van der Waals surface area (Å²) in [6, 6.07) is 8.22. The molecule has 1 aromatic heterocycles. The smallest absolute Gasteiger partial charge is 0.217 e. The Morgan fingerprint density at radius 2 is 2.12 bits per heavy atom. The number of nitrogens with two attached hydrogens (primary N) is 1. The largest absolute Gasteiger partial charge is 0.481 e. The molecular formula is C13H13FN2O. The minimum absolute atomic E-state index is 0.271. The molecule has 0 fully saturated rings. The molecule has 1 aromatic carbocycles. The van der Waals surface area contributed by atoms with Gasteiger partial charge in [0.2, 0.25) is 5.88 Å². The summed E-state index contributed by atoms with van der Waals surface area (Å²) in [5, 5.41) is 0. The topological polar surface area (TPSA) is 48.1 Å². The van der Waals surface area contributed by atoms with Gasteiger partial charge in [-0.15, -0.1) is 0 Å². The molecule has 0 atom stereocenters. The molecule has 0 bridgehead atoms. The summed E-state index contributed by atoms with van der Waals surface area (Å²) in [4.78, 5) is 4.15. The number of benzene rings is 1. The Bertz CT molecular complexity index is 529. The number of hydrogen-bond donors (Lipinski definition) is 1. The lowest BCUT2D eigenvalue weighted by molar-refractivity contribution is 0.393. The van der Waals surface area contributed by atoms with Gasteiger partial charge in [-0.25, -0.2) is 9.37 Å². The number of nitrogens with zero attached hydrogens (tertiary/aromatic N) is 1. The third-order valence-electron chi connectivity index (χ3n) is 2.50. The Kier molecular flexibility index (Phi) is 3.35. The minimum atomic E-state index is -0.271. The fourth-order valence-electron chi connectivity index (χ4n) is 1.65. The lowest BCUT2D eigenvalue weighted by atomic mass is 10.1. The van der Waals surface area contributed by atoms with Crippen molar-refractivity contribution in [2.75, 3.05) is 7.11 Å². The van der Waals surface area contributed by atoms with Gasteiger partial charge in [0, 0.05) is 23.9 Å². The normalized spacial score (nSPS) is 10.3. The van der Waals surface area contributed by atoms with Crippen LogP contribution in [0.4, 0.5) is 4.39 Å². The molecule has 0 saturated heterocycles. The van der Waals surface area contributed by atoms with Gasteiger partial charge in [0.15, 0.2) is 0 Å². The van der Waals surface area contributed by atoms with E-state index in [2.05, 4.69) is 4.98 Å². The Labute approximate surface area is 99.1 Å². The van der Waals surface area contributed by atoms with Gasteiger partial charge in [-0.2, -0.15) is 0 Å². The zero-order chi connectivity index (χ0) is 12.3. The number of halogens is 1. The lowest BCUT2D eigenvalue weighted by Crippen LogP contribution is -2.02. The molecule has 0 aliphatic carbocycles. The van der Waals surface area contributed by atoms with Crippen molar-refractivity contribution in [1.82, 2.24) is 4.98 Å². The zero-order valence-corrected chi connectivity index (χ0v) is 9.48. The average molecular weight is 232 g/mol. The molecule has 0 aliphatic heterocycles. The van der Waals surface area contributed by atoms with E-state index in [0.29, 0.717) is 12.4 Å². The van der Waals surface area contributed by atoms with Crippen LogP contribution in [0.3, 0.4) is 0 Å². The number of pyridine rings is 1. The Balaban J connectivity index is 2.46. The van der Waals surface area contributed by atoms with Crippen molar-refractivity contribution in [3.63, 3.8) is 0 Å². The number of rotatable bonds is 3. The van der Waals surface area contributed by atoms with E-state index in [4.69, 9.17) is 10.5 Å². The fraction of sp³-hybridized carbons (Fsp3) is 0.154. The third-order valence-corrected chi connectivity index (χ3v) is 2.50. The number of hydrogen-bond acceptors (Lipinski definition) is 3. The molecular weight excluding hydrogens is 219 g/mol. The second-order valence-corrected chi connectivity index (χ2v) is 3.61. The molecule has 88 valence electrons. The Morgan fingerprint density at radius 3 is 2.76 bits per heavy atom. The van der Waals surface area contributed by atoms with Crippen molar-refractivity contribution < 1.29 is 9.13 Å². The molecule has 1 heterocycles. The van der Waals surface area contributed by atoms with Crippen LogP contribution in [0, 0.1) is 5.82 Å². The van der Waals surface area contributed by atoms with Gasteiger partial charge in [-0.3, -0.25) is 0 Å². The van der Waals surface area contributed by atoms with Crippen LogP contribution in [0.2, 0.25) is 0 Å². The molecule has 0 aliphatic rings. The first-order valence-corrected chi connectivity index (χ1v) is 5.23. The second kappa shape index (κ2) is 4.93. The Hall–Kier alpha value is -1.94. The van der Waals surface area contributed by atoms with Crippen molar-refractivity contribution in [2.45, 2.75) is 6.54 Å². The third kappa shape index (κ3) is 2.42. The predicted molar refractivity (Wildman–Crippen MR) is 64.1 cm³/mol. The summed E-state index contributed by atoms with van der Waals surface area (Å²) in [5.41, 5.74) is 8.01. The number of methoxy groups -OCH3 is 1. The van der Waals surface area contributed by atoms with E-state index >= 15 is 0 Å². The van der Waals surface area contributed by atoms with Crippen LogP contribution >= 0.6 is 0 Å². The molecule has 0 unspecified atom stereocenters. The highest BCUT2D eigenvalue weighted by atomic mass is 19.1. The maximum atomic E-state index is 13.1. The van der Waals surface area contributed by atoms with Gasteiger partial charge in [0.25, 0.3) is 0 Å². The maximum absolute atomic E-state index is 13.1. The summed E-state index contributed by atoms with van der Waals surface area (Å²) >= 11 is 0. The van der Waals surface area contributed by atoms with Crippen LogP contribution in [0.5, 0.6) is 5.88 Å². The lowest BCUT2D eigenvalue weighted by Gasteiger charge is -2.08. The first-order valence-electron chi connectivity index (χ1n) is 5.23.